The molecule has 0 radical (unpaired) electrons. The maximum absolute atomic E-state index is 10.7. The number of nitro groups is 1. The topological polar surface area (TPSA) is 94.9 Å². The monoisotopic (exact) mass is 280 g/mol. The summed E-state index contributed by atoms with van der Waals surface area (Å²) in [6.07, 6.45) is 7.94. The molecule has 1 heterocycles. The number of nitrogens with two attached hydrogens (primary N) is 1. The van der Waals surface area contributed by atoms with E-state index in [1.54, 1.807) is 12.1 Å². The number of nitrogen functional groups attached to an aromatic ring is 1. The Balaban J connectivity index is 1.99. The Labute approximate surface area is 120 Å². The molecular formula is C15H12N4O2. The molecule has 104 valence electrons. The van der Waals surface area contributed by atoms with Gasteiger partial charge in [0.25, 0.3) is 5.69 Å². The van der Waals surface area contributed by atoms with Gasteiger partial charge in [0.1, 0.15) is 0 Å². The maximum Gasteiger partial charge on any atom is 0.269 e. The summed E-state index contributed by atoms with van der Waals surface area (Å²) in [7, 11) is 0. The molecular weight excluding hydrogens is 268 g/mol. The van der Waals surface area contributed by atoms with Gasteiger partial charge in [0.2, 0.25) is 5.95 Å². The van der Waals surface area contributed by atoms with Crippen LogP contribution in [0.4, 0.5) is 11.6 Å². The van der Waals surface area contributed by atoms with Crippen molar-refractivity contribution in [3.63, 3.8) is 0 Å². The fraction of sp³-hybridized carbons (Fsp3) is 0.0667. The zero-order valence-corrected chi connectivity index (χ0v) is 11.0. The number of rotatable bonds is 3. The molecule has 6 nitrogen and oxygen atoms in total. The van der Waals surface area contributed by atoms with Gasteiger partial charge in [-0.3, -0.25) is 10.1 Å². The van der Waals surface area contributed by atoms with Crippen LogP contribution in [0.15, 0.2) is 54.6 Å². The quantitative estimate of drug-likeness (QED) is 0.689. The molecule has 0 bridgehead atoms. The van der Waals surface area contributed by atoms with E-state index in [1.165, 1.54) is 12.1 Å². The van der Waals surface area contributed by atoms with Crippen molar-refractivity contribution in [2.75, 3.05) is 5.73 Å². The molecule has 3 rings (SSSR count). The predicted octanol–water partition coefficient (Wildman–Crippen LogP) is 2.84. The van der Waals surface area contributed by atoms with Crippen LogP contribution in [-0.4, -0.2) is 14.9 Å². The van der Waals surface area contributed by atoms with E-state index in [4.69, 9.17) is 5.73 Å². The van der Waals surface area contributed by atoms with E-state index in [0.717, 1.165) is 11.3 Å². The van der Waals surface area contributed by atoms with Gasteiger partial charge in [-0.05, 0) is 18.2 Å². The minimum Gasteiger partial charge on any atom is -0.368 e. The van der Waals surface area contributed by atoms with E-state index >= 15 is 0 Å². The van der Waals surface area contributed by atoms with Crippen LogP contribution in [0.1, 0.15) is 11.6 Å². The minimum atomic E-state index is -0.433. The van der Waals surface area contributed by atoms with Gasteiger partial charge in [0, 0.05) is 23.6 Å². The third-order valence-corrected chi connectivity index (χ3v) is 3.23. The van der Waals surface area contributed by atoms with Gasteiger partial charge in [-0.25, -0.2) is 9.97 Å². The summed E-state index contributed by atoms with van der Waals surface area (Å²) in [5, 5.41) is 10.7. The Morgan fingerprint density at radius 3 is 2.38 bits per heavy atom. The van der Waals surface area contributed by atoms with Crippen molar-refractivity contribution >= 4 is 11.6 Å². The van der Waals surface area contributed by atoms with Crippen LogP contribution in [0, 0.1) is 10.1 Å². The van der Waals surface area contributed by atoms with Crippen LogP contribution in [0.25, 0.3) is 11.3 Å². The van der Waals surface area contributed by atoms with Gasteiger partial charge in [-0.2, -0.15) is 0 Å². The van der Waals surface area contributed by atoms with Crippen LogP contribution in [0.3, 0.4) is 0 Å². The zero-order chi connectivity index (χ0) is 14.8. The molecule has 2 N–H and O–H groups in total. The van der Waals surface area contributed by atoms with E-state index in [9.17, 15) is 10.1 Å². The van der Waals surface area contributed by atoms with Crippen molar-refractivity contribution in [1.82, 2.24) is 9.97 Å². The molecule has 0 spiro atoms. The second-order valence-corrected chi connectivity index (χ2v) is 4.64. The number of allylic oxidation sites excluding steroid dienone is 4. The Hall–Kier alpha value is -3.02. The standard InChI is InChI=1S/C15H12N4O2/c16-15-17-13(10-3-1-2-4-10)9-14(18-15)11-5-7-12(8-6-11)19(20)21/h1-10H,(H2,16,17,18). The Kier molecular flexibility index (Phi) is 3.19. The van der Waals surface area contributed by atoms with Crippen molar-refractivity contribution in [2.24, 2.45) is 0 Å². The summed E-state index contributed by atoms with van der Waals surface area (Å²) in [5.74, 6) is 0.279. The van der Waals surface area contributed by atoms with Gasteiger partial charge in [0.05, 0.1) is 16.3 Å². The molecule has 0 unspecified atom stereocenters. The molecule has 1 aromatic heterocycles. The van der Waals surface area contributed by atoms with Gasteiger partial charge >= 0.3 is 0 Å². The molecule has 0 aliphatic heterocycles. The van der Waals surface area contributed by atoms with Gasteiger partial charge in [0.15, 0.2) is 0 Å². The van der Waals surface area contributed by atoms with Crippen LogP contribution in [0.5, 0.6) is 0 Å². The van der Waals surface area contributed by atoms with E-state index < -0.39 is 4.92 Å². The fourth-order valence-corrected chi connectivity index (χ4v) is 2.19. The largest absolute Gasteiger partial charge is 0.368 e. The summed E-state index contributed by atoms with van der Waals surface area (Å²) in [6, 6.07) is 8.06. The summed E-state index contributed by atoms with van der Waals surface area (Å²) in [5.41, 5.74) is 8.03. The highest BCUT2D eigenvalue weighted by atomic mass is 16.6. The number of hydrogen-bond donors (Lipinski definition) is 1. The fourth-order valence-electron chi connectivity index (χ4n) is 2.19. The van der Waals surface area contributed by atoms with Crippen LogP contribution >= 0.6 is 0 Å². The average Bonchev–Trinajstić information content (AvgIpc) is 3.01. The number of aromatic nitrogens is 2. The highest BCUT2D eigenvalue weighted by Gasteiger charge is 2.13. The molecule has 1 aromatic carbocycles. The number of anilines is 1. The van der Waals surface area contributed by atoms with Gasteiger partial charge in [-0.15, -0.1) is 0 Å². The lowest BCUT2D eigenvalue weighted by Crippen LogP contribution is -2.02. The first-order chi connectivity index (χ1) is 10.1. The molecule has 1 aliphatic carbocycles. The minimum absolute atomic E-state index is 0.0441. The Morgan fingerprint density at radius 1 is 1.10 bits per heavy atom. The lowest BCUT2D eigenvalue weighted by atomic mass is 10.0. The van der Waals surface area contributed by atoms with E-state index in [-0.39, 0.29) is 17.6 Å². The van der Waals surface area contributed by atoms with Crippen molar-refractivity contribution in [1.29, 1.82) is 0 Å². The lowest BCUT2D eigenvalue weighted by molar-refractivity contribution is -0.384. The Bertz CT molecular complexity index is 739. The zero-order valence-electron chi connectivity index (χ0n) is 11.0. The number of hydrogen-bond acceptors (Lipinski definition) is 5. The first-order valence-corrected chi connectivity index (χ1v) is 6.38. The highest BCUT2D eigenvalue weighted by molar-refractivity contribution is 5.62. The molecule has 0 amide bonds. The average molecular weight is 280 g/mol. The van der Waals surface area contributed by atoms with E-state index in [2.05, 4.69) is 9.97 Å². The molecule has 6 heteroatoms. The van der Waals surface area contributed by atoms with E-state index in [1.807, 2.05) is 30.4 Å². The summed E-state index contributed by atoms with van der Waals surface area (Å²) in [4.78, 5) is 18.7. The predicted molar refractivity (Wildman–Crippen MR) is 79.6 cm³/mol. The van der Waals surface area contributed by atoms with Crippen LogP contribution in [-0.2, 0) is 0 Å². The van der Waals surface area contributed by atoms with Crippen LogP contribution in [0.2, 0.25) is 0 Å². The molecule has 0 saturated heterocycles. The molecule has 0 saturated carbocycles. The third-order valence-electron chi connectivity index (χ3n) is 3.23. The number of nitro benzene ring substituents is 1. The molecule has 0 atom stereocenters. The van der Waals surface area contributed by atoms with E-state index in [0.29, 0.717) is 5.69 Å². The van der Waals surface area contributed by atoms with Crippen molar-refractivity contribution in [3.05, 3.63) is 70.4 Å². The molecule has 21 heavy (non-hydrogen) atoms. The Morgan fingerprint density at radius 2 is 1.76 bits per heavy atom. The lowest BCUT2D eigenvalue weighted by Gasteiger charge is -2.08. The van der Waals surface area contributed by atoms with Gasteiger partial charge < -0.3 is 5.73 Å². The number of nitrogens with zero attached hydrogens (tertiary/aromatic N) is 3. The second-order valence-electron chi connectivity index (χ2n) is 4.64. The van der Waals surface area contributed by atoms with Crippen molar-refractivity contribution < 1.29 is 4.92 Å². The molecule has 2 aromatic rings. The summed E-state index contributed by atoms with van der Waals surface area (Å²) < 4.78 is 0. The first-order valence-electron chi connectivity index (χ1n) is 6.38. The second kappa shape index (κ2) is 5.16. The first kappa shape index (κ1) is 13.0. The smallest absolute Gasteiger partial charge is 0.269 e. The maximum atomic E-state index is 10.7. The SMILES string of the molecule is Nc1nc(-c2ccc([N+](=O)[O-])cc2)cc(C2C=CC=C2)n1. The summed E-state index contributed by atoms with van der Waals surface area (Å²) >= 11 is 0. The third kappa shape index (κ3) is 2.64. The number of benzene rings is 1. The highest BCUT2D eigenvalue weighted by Crippen LogP contribution is 2.27. The normalized spacial score (nSPS) is 13.7. The van der Waals surface area contributed by atoms with Gasteiger partial charge in [-0.1, -0.05) is 24.3 Å². The summed E-state index contributed by atoms with van der Waals surface area (Å²) in [6.45, 7) is 0. The number of non-ortho nitro benzene ring substituents is 1. The van der Waals surface area contributed by atoms with Crippen molar-refractivity contribution in [2.45, 2.75) is 5.92 Å². The molecule has 0 fully saturated rings. The molecule has 1 aliphatic rings. The van der Waals surface area contributed by atoms with Crippen molar-refractivity contribution in [3.8, 4) is 11.3 Å². The van der Waals surface area contributed by atoms with Crippen LogP contribution < -0.4 is 5.73 Å².